The first kappa shape index (κ1) is 47.8. The molecule has 25 nitrogen and oxygen atoms in total. The average Bonchev–Trinajstić information content (AvgIpc) is 3.18. The van der Waals surface area contributed by atoms with Crippen LogP contribution in [0.5, 0.6) is 11.5 Å². The number of carbonyl (C=O) groups is 1. The van der Waals surface area contributed by atoms with E-state index in [0.29, 0.717) is 22.9 Å². The first-order valence-electron chi connectivity index (χ1n) is 16.8. The van der Waals surface area contributed by atoms with Gasteiger partial charge in [-0.15, -0.1) is 25.6 Å². The lowest BCUT2D eigenvalue weighted by molar-refractivity contribution is 0.0696. The molecule has 0 aliphatic carbocycles. The van der Waals surface area contributed by atoms with Gasteiger partial charge in [-0.1, -0.05) is 24.3 Å². The summed E-state index contributed by atoms with van der Waals surface area (Å²) in [6.45, 7) is -1.89. The SMILES string of the molecule is O=C(O)c1cc(O)c(N=Nc2ccc(N=Nc3ccc(S(=O)(=O)CCOS(=O)(=O)O)cc3S(=O)(=O)O)c3ccccc23)c(O)c1N=Nc1ccc(S(=O)(=O)CCOS(=O)(=O)O)cc1. The number of sulfone groups is 2. The molecule has 334 valence electrons. The largest absolute Gasteiger partial charge is 0.505 e. The summed E-state index contributed by atoms with van der Waals surface area (Å²) in [5.74, 6) is -5.33. The maximum absolute atomic E-state index is 12.7. The third-order valence-corrected chi connectivity index (χ3v) is 13.2. The Morgan fingerprint density at radius 2 is 1.00 bits per heavy atom. The summed E-state index contributed by atoms with van der Waals surface area (Å²) in [6, 6.07) is 16.4. The second-order valence-corrected chi connectivity index (χ2v) is 20.1. The minimum atomic E-state index is -5.14. The molecule has 0 heterocycles. The molecule has 0 saturated carbocycles. The summed E-state index contributed by atoms with van der Waals surface area (Å²) < 4.78 is 153. The van der Waals surface area contributed by atoms with Gasteiger partial charge in [0.25, 0.3) is 10.1 Å². The van der Waals surface area contributed by atoms with Gasteiger partial charge in [0.2, 0.25) is 0 Å². The van der Waals surface area contributed by atoms with E-state index in [9.17, 15) is 66.8 Å². The Bertz CT molecular complexity index is 3290. The van der Waals surface area contributed by atoms with E-state index in [1.807, 2.05) is 0 Å². The van der Waals surface area contributed by atoms with Crippen molar-refractivity contribution in [2.75, 3.05) is 24.7 Å². The van der Waals surface area contributed by atoms with E-state index in [1.165, 1.54) is 24.3 Å². The molecule has 5 aromatic carbocycles. The van der Waals surface area contributed by atoms with Crippen molar-refractivity contribution in [3.8, 4) is 11.5 Å². The molecule has 0 fully saturated rings. The summed E-state index contributed by atoms with van der Waals surface area (Å²) in [5.41, 5.74) is -2.53. The summed E-state index contributed by atoms with van der Waals surface area (Å²) in [7, 11) is -23.5. The van der Waals surface area contributed by atoms with Crippen molar-refractivity contribution in [3.05, 3.63) is 90.5 Å². The molecule has 0 aromatic heterocycles. The van der Waals surface area contributed by atoms with Crippen molar-refractivity contribution >= 4 is 101 Å². The molecule has 0 radical (unpaired) electrons. The highest BCUT2D eigenvalue weighted by Crippen LogP contribution is 2.47. The molecule has 0 bridgehead atoms. The molecule has 0 aliphatic heterocycles. The number of carboxylic acid groups (broad SMARTS) is 1. The van der Waals surface area contributed by atoms with E-state index in [2.05, 4.69) is 39.1 Å². The van der Waals surface area contributed by atoms with Crippen LogP contribution < -0.4 is 0 Å². The number of nitrogens with zero attached hydrogens (tertiary/aromatic N) is 6. The number of hydrogen-bond acceptors (Lipinski definition) is 21. The van der Waals surface area contributed by atoms with Gasteiger partial charge in [0.05, 0.1) is 57.1 Å². The van der Waals surface area contributed by atoms with Crippen molar-refractivity contribution in [2.24, 2.45) is 30.7 Å². The predicted octanol–water partition coefficient (Wildman–Crippen LogP) is 5.63. The second-order valence-electron chi connectivity index (χ2n) is 12.3. The number of carboxylic acids is 1. The molecule has 5 aromatic rings. The minimum absolute atomic E-state index is 0.0555. The highest BCUT2D eigenvalue weighted by molar-refractivity contribution is 7.92. The van der Waals surface area contributed by atoms with E-state index in [4.69, 9.17) is 9.11 Å². The van der Waals surface area contributed by atoms with Gasteiger partial charge in [0.1, 0.15) is 22.0 Å². The molecule has 0 amide bonds. The molecule has 6 N–H and O–H groups in total. The van der Waals surface area contributed by atoms with Gasteiger partial charge >= 0.3 is 26.8 Å². The smallest absolute Gasteiger partial charge is 0.397 e. The second kappa shape index (κ2) is 18.6. The molecule has 0 unspecified atom stereocenters. The van der Waals surface area contributed by atoms with Gasteiger partial charge in [0, 0.05) is 10.8 Å². The summed E-state index contributed by atoms with van der Waals surface area (Å²) >= 11 is 0. The summed E-state index contributed by atoms with van der Waals surface area (Å²) in [4.78, 5) is 10.1. The van der Waals surface area contributed by atoms with Crippen molar-refractivity contribution in [3.63, 3.8) is 0 Å². The Morgan fingerprint density at radius 1 is 0.540 bits per heavy atom. The summed E-state index contributed by atoms with van der Waals surface area (Å²) in [6.07, 6.45) is 0. The van der Waals surface area contributed by atoms with Crippen LogP contribution in [-0.2, 0) is 59.0 Å². The highest BCUT2D eigenvalue weighted by atomic mass is 32.3. The Balaban J connectivity index is 1.44. The van der Waals surface area contributed by atoms with E-state index >= 15 is 0 Å². The lowest BCUT2D eigenvalue weighted by Crippen LogP contribution is -2.16. The number of aromatic carboxylic acids is 1. The topological polar surface area (TPSA) is 402 Å². The molecule has 0 aliphatic rings. The fourth-order valence-corrected chi connectivity index (χ4v) is 8.91. The van der Waals surface area contributed by atoms with Crippen LogP contribution in [0.15, 0.2) is 130 Å². The fourth-order valence-electron chi connectivity index (χ4n) is 5.19. The third kappa shape index (κ3) is 12.5. The van der Waals surface area contributed by atoms with E-state index < -0.39 is 125 Å². The Morgan fingerprint density at radius 3 is 1.51 bits per heavy atom. The average molecular weight is 973 g/mol. The molecule has 0 saturated heterocycles. The lowest BCUT2D eigenvalue weighted by atomic mass is 10.1. The van der Waals surface area contributed by atoms with Crippen LogP contribution in [0.25, 0.3) is 10.8 Å². The zero-order valence-electron chi connectivity index (χ0n) is 31.1. The van der Waals surface area contributed by atoms with E-state index in [0.717, 1.165) is 36.4 Å². The third-order valence-electron chi connectivity index (χ3n) is 8.06. The Labute approximate surface area is 356 Å². The highest BCUT2D eigenvalue weighted by Gasteiger charge is 2.25. The fraction of sp³-hybridized carbons (Fsp3) is 0.121. The molecule has 63 heavy (non-hydrogen) atoms. The van der Waals surface area contributed by atoms with Crippen molar-refractivity contribution in [1.29, 1.82) is 0 Å². The van der Waals surface area contributed by atoms with Gasteiger partial charge in [0.15, 0.2) is 31.1 Å². The van der Waals surface area contributed by atoms with E-state index in [1.54, 1.807) is 12.1 Å². The summed E-state index contributed by atoms with van der Waals surface area (Å²) in [5, 5.41) is 55.5. The van der Waals surface area contributed by atoms with Crippen LogP contribution in [0, 0.1) is 0 Å². The monoisotopic (exact) mass is 972 g/mol. The van der Waals surface area contributed by atoms with Crippen molar-refractivity contribution in [2.45, 2.75) is 14.7 Å². The molecular weight excluding hydrogens is 945 g/mol. The van der Waals surface area contributed by atoms with Crippen molar-refractivity contribution in [1.82, 2.24) is 0 Å². The van der Waals surface area contributed by atoms with Crippen LogP contribution in [0.3, 0.4) is 0 Å². The van der Waals surface area contributed by atoms with Crippen LogP contribution >= 0.6 is 0 Å². The number of phenolic OH excluding ortho intramolecular Hbond substituents is 2. The van der Waals surface area contributed by atoms with Gasteiger partial charge in [-0.05, 0) is 60.7 Å². The van der Waals surface area contributed by atoms with E-state index in [-0.39, 0.29) is 22.0 Å². The van der Waals surface area contributed by atoms with Crippen LogP contribution in [-0.4, -0.2) is 102 Å². The molecule has 30 heteroatoms. The lowest BCUT2D eigenvalue weighted by Gasteiger charge is -2.09. The zero-order valence-corrected chi connectivity index (χ0v) is 35.2. The predicted molar refractivity (Wildman–Crippen MR) is 215 cm³/mol. The number of fused-ring (bicyclic) bond motifs is 1. The number of hydrogen-bond donors (Lipinski definition) is 6. The normalized spacial score (nSPS) is 13.1. The molecular formula is C33H28N6O19S5. The quantitative estimate of drug-likeness (QED) is 0.0457. The molecule has 0 spiro atoms. The first-order valence-corrected chi connectivity index (χ1v) is 24.2. The maximum atomic E-state index is 12.7. The minimum Gasteiger partial charge on any atom is -0.505 e. The van der Waals surface area contributed by atoms with Crippen molar-refractivity contribution < 1.29 is 84.2 Å². The number of rotatable bonds is 18. The van der Waals surface area contributed by atoms with Gasteiger partial charge in [-0.25, -0.2) is 30.0 Å². The van der Waals surface area contributed by atoms with Gasteiger partial charge < -0.3 is 15.3 Å². The maximum Gasteiger partial charge on any atom is 0.397 e. The van der Waals surface area contributed by atoms with Crippen LogP contribution in [0.4, 0.5) is 34.1 Å². The number of benzene rings is 5. The zero-order chi connectivity index (χ0) is 46.5. The Kier molecular flexibility index (Phi) is 14.1. The molecule has 0 atom stereocenters. The van der Waals surface area contributed by atoms with Crippen LogP contribution in [0.1, 0.15) is 10.4 Å². The Hall–Kier alpha value is -6.22. The number of aromatic hydroxyl groups is 2. The van der Waals surface area contributed by atoms with Gasteiger partial charge in [-0.3, -0.25) is 13.7 Å². The molecule has 5 rings (SSSR count). The first-order chi connectivity index (χ1) is 29.3. The number of phenols is 2. The number of azo groups is 3. The van der Waals surface area contributed by atoms with Gasteiger partial charge in [-0.2, -0.15) is 30.4 Å². The standard InChI is InChI=1S/C33H28N6O19S5/c40-28-18-24(33(42)43)30(38-34-19-5-7-20(8-6-19)59(44,45)15-13-57-62(51,52)53)32(41)31(28)39-36-26-12-11-25(22-3-1-2-4-23(22)26)35-37-27-10-9-21(17-29(27)61(48,49)50)60(46,47)16-14-58-63(54,55)56/h1-12,17-18,40-41H,13-16H2,(H,42,43)(H,48,49,50)(H,51,52,53)(H,54,55,56). The van der Waals surface area contributed by atoms with Crippen LogP contribution in [0.2, 0.25) is 0 Å².